The third-order valence-electron chi connectivity index (χ3n) is 2.60. The Labute approximate surface area is 114 Å². The normalized spacial score (nSPS) is 32.2. The molecule has 2 unspecified atom stereocenters. The Kier molecular flexibility index (Phi) is 7.82. The van der Waals surface area contributed by atoms with Crippen LogP contribution in [0.25, 0.3) is 0 Å². The summed E-state index contributed by atoms with van der Waals surface area (Å²) in [6, 6.07) is 0. The van der Waals surface area contributed by atoms with Crippen LogP contribution in [0.15, 0.2) is 0 Å². The highest BCUT2D eigenvalue weighted by molar-refractivity contribution is 4.68. The van der Waals surface area contributed by atoms with Crippen LogP contribution in [0.2, 0.25) is 0 Å². The van der Waals surface area contributed by atoms with Gasteiger partial charge in [0, 0.05) is 5.41 Å². The molecule has 1 heterocycles. The Hall–Kier alpha value is -0.240. The van der Waals surface area contributed by atoms with Gasteiger partial charge in [-0.3, -0.25) is 0 Å². The Morgan fingerprint density at radius 1 is 0.737 bits per heavy atom. The average molecular weight is 278 g/mol. The first-order valence-corrected chi connectivity index (χ1v) is 6.67. The van der Waals surface area contributed by atoms with Gasteiger partial charge < -0.3 is 29.2 Å². The maximum Gasteiger partial charge on any atom is 0.101 e. The molecule has 19 heavy (non-hydrogen) atoms. The van der Waals surface area contributed by atoms with E-state index in [1.807, 2.05) is 13.8 Å². The predicted octanol–water partition coefficient (Wildman–Crippen LogP) is -0.186. The molecule has 2 atom stereocenters. The highest BCUT2D eigenvalue weighted by atomic mass is 16.5. The quantitative estimate of drug-likeness (QED) is 0.640. The molecule has 1 saturated heterocycles. The van der Waals surface area contributed by atoms with Crippen LogP contribution in [0.4, 0.5) is 0 Å². The van der Waals surface area contributed by atoms with Crippen LogP contribution in [0.5, 0.6) is 0 Å². The van der Waals surface area contributed by atoms with Crippen molar-refractivity contribution in [2.45, 2.75) is 26.1 Å². The molecule has 2 N–H and O–H groups in total. The van der Waals surface area contributed by atoms with Crippen LogP contribution in [0, 0.1) is 5.41 Å². The molecule has 6 nitrogen and oxygen atoms in total. The van der Waals surface area contributed by atoms with Crippen molar-refractivity contribution in [3.05, 3.63) is 0 Å². The van der Waals surface area contributed by atoms with E-state index in [1.165, 1.54) is 0 Å². The second-order valence-corrected chi connectivity index (χ2v) is 5.65. The van der Waals surface area contributed by atoms with E-state index in [0.29, 0.717) is 26.4 Å². The molecule has 0 saturated carbocycles. The van der Waals surface area contributed by atoms with Gasteiger partial charge in [0.1, 0.15) is 12.2 Å². The number of hydrogen-bond acceptors (Lipinski definition) is 6. The van der Waals surface area contributed by atoms with E-state index in [-0.39, 0.29) is 31.8 Å². The second-order valence-electron chi connectivity index (χ2n) is 5.65. The zero-order valence-corrected chi connectivity index (χ0v) is 11.8. The van der Waals surface area contributed by atoms with Crippen molar-refractivity contribution in [3.8, 4) is 0 Å². The fourth-order valence-corrected chi connectivity index (χ4v) is 1.64. The zero-order valence-electron chi connectivity index (χ0n) is 11.8. The average Bonchev–Trinajstić information content (AvgIpc) is 2.32. The van der Waals surface area contributed by atoms with Crippen LogP contribution in [-0.2, 0) is 18.9 Å². The first-order valence-electron chi connectivity index (χ1n) is 6.67. The summed E-state index contributed by atoms with van der Waals surface area (Å²) in [6.07, 6.45) is -1.26. The largest absolute Gasteiger partial charge is 0.388 e. The van der Waals surface area contributed by atoms with Gasteiger partial charge in [0.05, 0.1) is 52.9 Å². The SMILES string of the molecule is CC1(C)COCC(O)COCCOCC(O)COC1. The van der Waals surface area contributed by atoms with E-state index in [9.17, 15) is 10.2 Å². The van der Waals surface area contributed by atoms with Crippen LogP contribution in [0.3, 0.4) is 0 Å². The Balaban J connectivity index is 2.39. The number of aliphatic hydroxyl groups excluding tert-OH is 2. The van der Waals surface area contributed by atoms with Gasteiger partial charge in [-0.15, -0.1) is 0 Å². The lowest BCUT2D eigenvalue weighted by atomic mass is 9.96. The number of hydrogen-bond donors (Lipinski definition) is 2. The summed E-state index contributed by atoms with van der Waals surface area (Å²) in [7, 11) is 0. The molecule has 6 heteroatoms. The summed E-state index contributed by atoms with van der Waals surface area (Å²) in [4.78, 5) is 0. The summed E-state index contributed by atoms with van der Waals surface area (Å²) in [5.41, 5.74) is -0.165. The Bertz CT molecular complexity index is 211. The lowest BCUT2D eigenvalue weighted by molar-refractivity contribution is -0.0579. The van der Waals surface area contributed by atoms with E-state index in [0.717, 1.165) is 0 Å². The van der Waals surface area contributed by atoms with Crippen LogP contribution in [0.1, 0.15) is 13.8 Å². The predicted molar refractivity (Wildman–Crippen MR) is 69.1 cm³/mol. The lowest BCUT2D eigenvalue weighted by Crippen LogP contribution is -2.31. The molecular formula is C13H26O6. The van der Waals surface area contributed by atoms with Crippen molar-refractivity contribution >= 4 is 0 Å². The molecule has 1 aliphatic rings. The summed E-state index contributed by atoms with van der Waals surface area (Å²) >= 11 is 0. The number of ether oxygens (including phenoxy) is 4. The fraction of sp³-hybridized carbons (Fsp3) is 1.00. The summed E-state index contributed by atoms with van der Waals surface area (Å²) in [5, 5.41) is 19.2. The van der Waals surface area contributed by atoms with E-state index < -0.39 is 12.2 Å². The van der Waals surface area contributed by atoms with Gasteiger partial charge in [0.25, 0.3) is 0 Å². The maximum absolute atomic E-state index is 9.62. The second kappa shape index (κ2) is 8.84. The number of aliphatic hydroxyl groups is 2. The van der Waals surface area contributed by atoms with Crippen molar-refractivity contribution in [2.24, 2.45) is 5.41 Å². The molecule has 0 radical (unpaired) electrons. The van der Waals surface area contributed by atoms with Gasteiger partial charge in [-0.25, -0.2) is 0 Å². The van der Waals surface area contributed by atoms with E-state index in [4.69, 9.17) is 18.9 Å². The standard InChI is InChI=1S/C13H26O6/c1-13(2)9-18-7-11(14)5-16-3-4-17-6-12(15)8-19-10-13/h11-12,14-15H,3-10H2,1-2H3. The molecular weight excluding hydrogens is 252 g/mol. The Morgan fingerprint density at radius 3 is 1.53 bits per heavy atom. The molecule has 0 aromatic rings. The summed E-state index contributed by atoms with van der Waals surface area (Å²) < 4.78 is 21.4. The van der Waals surface area contributed by atoms with E-state index in [1.54, 1.807) is 0 Å². The molecule has 0 aromatic heterocycles. The first-order chi connectivity index (χ1) is 8.99. The highest BCUT2D eigenvalue weighted by Gasteiger charge is 2.20. The van der Waals surface area contributed by atoms with Crippen LogP contribution >= 0.6 is 0 Å². The Morgan fingerprint density at radius 2 is 1.11 bits per heavy atom. The summed E-state index contributed by atoms with van der Waals surface area (Å²) in [5.74, 6) is 0. The van der Waals surface area contributed by atoms with E-state index >= 15 is 0 Å². The molecule has 1 fully saturated rings. The molecule has 114 valence electrons. The molecule has 0 aromatic carbocycles. The molecule has 0 spiro atoms. The van der Waals surface area contributed by atoms with Crippen molar-refractivity contribution < 1.29 is 29.2 Å². The molecule has 0 amide bonds. The molecule has 0 aliphatic carbocycles. The fourth-order valence-electron chi connectivity index (χ4n) is 1.64. The minimum absolute atomic E-state index is 0.165. The third kappa shape index (κ3) is 8.52. The van der Waals surface area contributed by atoms with Crippen molar-refractivity contribution in [1.29, 1.82) is 0 Å². The van der Waals surface area contributed by atoms with Gasteiger partial charge in [0.2, 0.25) is 0 Å². The van der Waals surface area contributed by atoms with Crippen molar-refractivity contribution in [2.75, 3.05) is 52.9 Å². The molecule has 1 aliphatic heterocycles. The first kappa shape index (κ1) is 16.8. The minimum atomic E-state index is -0.632. The van der Waals surface area contributed by atoms with Crippen molar-refractivity contribution in [3.63, 3.8) is 0 Å². The maximum atomic E-state index is 9.62. The lowest BCUT2D eigenvalue weighted by Gasteiger charge is -2.25. The van der Waals surface area contributed by atoms with Gasteiger partial charge in [-0.05, 0) is 0 Å². The van der Waals surface area contributed by atoms with E-state index in [2.05, 4.69) is 0 Å². The monoisotopic (exact) mass is 278 g/mol. The third-order valence-corrected chi connectivity index (χ3v) is 2.60. The zero-order chi connectivity index (χ0) is 14.1. The van der Waals surface area contributed by atoms with Crippen LogP contribution < -0.4 is 0 Å². The molecule has 0 bridgehead atoms. The van der Waals surface area contributed by atoms with Gasteiger partial charge >= 0.3 is 0 Å². The molecule has 1 rings (SSSR count). The van der Waals surface area contributed by atoms with Crippen LogP contribution in [-0.4, -0.2) is 75.3 Å². The minimum Gasteiger partial charge on any atom is -0.388 e. The van der Waals surface area contributed by atoms with Crippen molar-refractivity contribution in [1.82, 2.24) is 0 Å². The summed E-state index contributed by atoms with van der Waals surface area (Å²) in [6.45, 7) is 6.69. The highest BCUT2D eigenvalue weighted by Crippen LogP contribution is 2.16. The van der Waals surface area contributed by atoms with Gasteiger partial charge in [0.15, 0.2) is 0 Å². The van der Waals surface area contributed by atoms with Gasteiger partial charge in [-0.2, -0.15) is 0 Å². The smallest absolute Gasteiger partial charge is 0.101 e. The van der Waals surface area contributed by atoms with Gasteiger partial charge in [-0.1, -0.05) is 13.8 Å². The number of rotatable bonds is 0. The topological polar surface area (TPSA) is 77.4 Å².